The molecular formula is C17H22N4O4S. The molecule has 26 heavy (non-hydrogen) atoms. The van der Waals surface area contributed by atoms with E-state index in [2.05, 4.69) is 10.5 Å². The Morgan fingerprint density at radius 3 is 2.92 bits per heavy atom. The van der Waals surface area contributed by atoms with Gasteiger partial charge >= 0.3 is 0 Å². The summed E-state index contributed by atoms with van der Waals surface area (Å²) >= 11 is 0. The van der Waals surface area contributed by atoms with Crippen LogP contribution < -0.4 is 5.32 Å². The highest BCUT2D eigenvalue weighted by Crippen LogP contribution is 2.19. The van der Waals surface area contributed by atoms with Crippen LogP contribution in [0.1, 0.15) is 22.5 Å². The monoisotopic (exact) mass is 378 g/mol. The van der Waals surface area contributed by atoms with E-state index in [0.29, 0.717) is 24.3 Å². The van der Waals surface area contributed by atoms with Crippen molar-refractivity contribution in [3.63, 3.8) is 0 Å². The zero-order chi connectivity index (χ0) is 18.6. The molecule has 1 N–H and O–H groups in total. The van der Waals surface area contributed by atoms with Crippen LogP contribution in [0.25, 0.3) is 0 Å². The minimum Gasteiger partial charge on any atom is -0.364 e. The first-order valence-corrected chi connectivity index (χ1v) is 9.88. The maximum atomic E-state index is 12.8. The predicted octanol–water partition coefficient (Wildman–Crippen LogP) is 0.931. The van der Waals surface area contributed by atoms with Crippen molar-refractivity contribution in [1.29, 1.82) is 0 Å². The Kier molecular flexibility index (Phi) is 5.70. The first kappa shape index (κ1) is 18.6. The third-order valence-corrected chi connectivity index (χ3v) is 6.09. The number of sulfonamides is 1. The van der Waals surface area contributed by atoms with Crippen molar-refractivity contribution >= 4 is 15.9 Å². The number of carbonyl (C=O) groups excluding carboxylic acids is 1. The molecule has 1 aromatic carbocycles. The summed E-state index contributed by atoms with van der Waals surface area (Å²) in [5.74, 6) is -0.148. The highest BCUT2D eigenvalue weighted by molar-refractivity contribution is 7.89. The van der Waals surface area contributed by atoms with Crippen molar-refractivity contribution in [3.05, 3.63) is 47.9 Å². The van der Waals surface area contributed by atoms with E-state index in [9.17, 15) is 13.2 Å². The average molecular weight is 378 g/mol. The summed E-state index contributed by atoms with van der Waals surface area (Å²) in [4.78, 5) is 14.6. The molecule has 8 nitrogen and oxygen atoms in total. The minimum absolute atomic E-state index is 0.0855. The van der Waals surface area contributed by atoms with Gasteiger partial charge in [-0.25, -0.2) is 8.42 Å². The molecule has 9 heteroatoms. The average Bonchev–Trinajstić information content (AvgIpc) is 3.00. The van der Waals surface area contributed by atoms with Crippen molar-refractivity contribution in [2.45, 2.75) is 17.9 Å². The molecule has 0 saturated carbocycles. The number of aromatic nitrogens is 1. The van der Waals surface area contributed by atoms with Crippen LogP contribution in [-0.4, -0.2) is 61.9 Å². The van der Waals surface area contributed by atoms with Gasteiger partial charge in [0.05, 0.1) is 17.1 Å². The Hall–Kier alpha value is -2.23. The van der Waals surface area contributed by atoms with Gasteiger partial charge in [-0.2, -0.15) is 4.31 Å². The van der Waals surface area contributed by atoms with Gasteiger partial charge < -0.3 is 14.7 Å². The quantitative estimate of drug-likeness (QED) is 0.832. The van der Waals surface area contributed by atoms with Crippen molar-refractivity contribution in [2.75, 3.05) is 33.2 Å². The van der Waals surface area contributed by atoms with Crippen molar-refractivity contribution in [2.24, 2.45) is 0 Å². The molecule has 0 atom stereocenters. The van der Waals surface area contributed by atoms with Gasteiger partial charge in [0, 0.05) is 38.3 Å². The fourth-order valence-electron chi connectivity index (χ4n) is 2.83. The van der Waals surface area contributed by atoms with Crippen LogP contribution in [-0.2, 0) is 16.6 Å². The maximum absolute atomic E-state index is 12.8. The van der Waals surface area contributed by atoms with Gasteiger partial charge in [-0.05, 0) is 31.2 Å². The third kappa shape index (κ3) is 4.12. The molecule has 2 aromatic rings. The van der Waals surface area contributed by atoms with Gasteiger partial charge in [-0.1, -0.05) is 11.2 Å². The van der Waals surface area contributed by atoms with Crippen LogP contribution in [0, 0.1) is 0 Å². The Morgan fingerprint density at radius 2 is 2.15 bits per heavy atom. The zero-order valence-corrected chi connectivity index (χ0v) is 15.4. The number of carbonyl (C=O) groups is 1. The summed E-state index contributed by atoms with van der Waals surface area (Å²) in [6.07, 6.45) is 2.27. The van der Waals surface area contributed by atoms with Gasteiger partial charge in [-0.3, -0.25) is 4.79 Å². The summed E-state index contributed by atoms with van der Waals surface area (Å²) in [5, 5.41) is 6.98. The molecule has 1 aliphatic heterocycles. The third-order valence-electron chi connectivity index (χ3n) is 4.29. The van der Waals surface area contributed by atoms with Crippen molar-refractivity contribution < 1.29 is 17.7 Å². The van der Waals surface area contributed by atoms with E-state index in [4.69, 9.17) is 4.52 Å². The topological polar surface area (TPSA) is 95.8 Å². The zero-order valence-electron chi connectivity index (χ0n) is 14.6. The van der Waals surface area contributed by atoms with E-state index in [0.717, 1.165) is 19.5 Å². The minimum atomic E-state index is -3.74. The Balaban J connectivity index is 1.80. The molecule has 1 aromatic heterocycles. The van der Waals surface area contributed by atoms with E-state index in [-0.39, 0.29) is 17.3 Å². The highest BCUT2D eigenvalue weighted by atomic mass is 32.2. The molecule has 0 bridgehead atoms. The maximum Gasteiger partial charge on any atom is 0.253 e. The van der Waals surface area contributed by atoms with Crippen LogP contribution in [0.15, 0.2) is 46.0 Å². The van der Waals surface area contributed by atoms with Gasteiger partial charge in [0.1, 0.15) is 6.26 Å². The number of nitrogens with zero attached hydrogens (tertiary/aromatic N) is 3. The standard InChI is InChI=1S/C17H22N4O4S/c1-20(13-15-6-11-25-19-15)26(23,24)16-5-2-4-14(12-16)17(22)21-9-3-7-18-8-10-21/h2,4-6,11-12,18H,3,7-10,13H2,1H3. The fraction of sp³-hybridized carbons (Fsp3) is 0.412. The normalized spacial score (nSPS) is 15.8. The molecule has 0 unspecified atom stereocenters. The second kappa shape index (κ2) is 7.98. The second-order valence-corrected chi connectivity index (χ2v) is 8.22. The lowest BCUT2D eigenvalue weighted by molar-refractivity contribution is 0.0766. The van der Waals surface area contributed by atoms with Crippen LogP contribution in [0.5, 0.6) is 0 Å². The fourth-order valence-corrected chi connectivity index (χ4v) is 4.02. The van der Waals surface area contributed by atoms with Crippen LogP contribution in [0.4, 0.5) is 0 Å². The highest BCUT2D eigenvalue weighted by Gasteiger charge is 2.24. The van der Waals surface area contributed by atoms with Gasteiger partial charge in [0.2, 0.25) is 10.0 Å². The number of hydrogen-bond donors (Lipinski definition) is 1. The number of amides is 1. The molecule has 3 rings (SSSR count). The first-order chi connectivity index (χ1) is 12.5. The van der Waals surface area contributed by atoms with Crippen LogP contribution in [0.2, 0.25) is 0 Å². The lowest BCUT2D eigenvalue weighted by atomic mass is 10.2. The molecule has 140 valence electrons. The lowest BCUT2D eigenvalue weighted by Gasteiger charge is -2.21. The first-order valence-electron chi connectivity index (χ1n) is 8.44. The van der Waals surface area contributed by atoms with E-state index in [1.165, 1.54) is 29.7 Å². The SMILES string of the molecule is CN(Cc1ccon1)S(=O)(=O)c1cccc(C(=O)N2CCCNCC2)c1. The second-order valence-electron chi connectivity index (χ2n) is 6.18. The molecule has 1 amide bonds. The molecule has 0 radical (unpaired) electrons. The summed E-state index contributed by atoms with van der Waals surface area (Å²) in [6, 6.07) is 7.79. The summed E-state index contributed by atoms with van der Waals surface area (Å²) in [6.45, 7) is 2.99. The number of rotatable bonds is 5. The van der Waals surface area contributed by atoms with E-state index in [1.807, 2.05) is 0 Å². The molecular weight excluding hydrogens is 356 g/mol. The lowest BCUT2D eigenvalue weighted by Crippen LogP contribution is -2.34. The Morgan fingerprint density at radius 1 is 1.31 bits per heavy atom. The summed E-state index contributed by atoms with van der Waals surface area (Å²) in [7, 11) is -2.27. The summed E-state index contributed by atoms with van der Waals surface area (Å²) < 4.78 is 31.5. The Labute approximate surface area is 152 Å². The number of nitrogens with one attached hydrogen (secondary N) is 1. The van der Waals surface area contributed by atoms with Gasteiger partial charge in [-0.15, -0.1) is 0 Å². The number of benzene rings is 1. The largest absolute Gasteiger partial charge is 0.364 e. The molecule has 1 saturated heterocycles. The summed E-state index contributed by atoms with van der Waals surface area (Å²) in [5.41, 5.74) is 0.892. The van der Waals surface area contributed by atoms with E-state index >= 15 is 0 Å². The van der Waals surface area contributed by atoms with Gasteiger partial charge in [0.25, 0.3) is 5.91 Å². The van der Waals surface area contributed by atoms with Crippen molar-refractivity contribution in [3.8, 4) is 0 Å². The smallest absolute Gasteiger partial charge is 0.253 e. The Bertz CT molecular complexity index is 843. The molecule has 0 aliphatic carbocycles. The molecule has 0 spiro atoms. The molecule has 1 fully saturated rings. The van der Waals surface area contributed by atoms with Crippen molar-refractivity contribution in [1.82, 2.24) is 19.7 Å². The number of hydrogen-bond acceptors (Lipinski definition) is 6. The van der Waals surface area contributed by atoms with Crippen LogP contribution in [0.3, 0.4) is 0 Å². The van der Waals surface area contributed by atoms with Crippen LogP contribution >= 0.6 is 0 Å². The van der Waals surface area contributed by atoms with E-state index < -0.39 is 10.0 Å². The molecule has 1 aliphatic rings. The van der Waals surface area contributed by atoms with E-state index in [1.54, 1.807) is 23.1 Å². The van der Waals surface area contributed by atoms with Gasteiger partial charge in [0.15, 0.2) is 0 Å². The predicted molar refractivity (Wildman–Crippen MR) is 95.0 cm³/mol. The molecule has 2 heterocycles.